The van der Waals surface area contributed by atoms with Crippen LogP contribution in [0.4, 0.5) is 0 Å². The van der Waals surface area contributed by atoms with Crippen LogP contribution in [0.1, 0.15) is 6.42 Å². The van der Waals surface area contributed by atoms with Gasteiger partial charge in [0.2, 0.25) is 0 Å². The van der Waals surface area contributed by atoms with E-state index in [1.165, 1.54) is 0 Å². The van der Waals surface area contributed by atoms with Crippen molar-refractivity contribution in [3.05, 3.63) is 24.3 Å². The minimum absolute atomic E-state index is 0.319. The largest absolute Gasteiger partial charge is 0.303 e. The van der Waals surface area contributed by atoms with Crippen LogP contribution in [-0.2, 0) is 0 Å². The second-order valence-electron chi connectivity index (χ2n) is 1.88. The lowest BCUT2D eigenvalue weighted by molar-refractivity contribution is 1.39. The topological polar surface area (TPSA) is 47.7 Å². The van der Waals surface area contributed by atoms with Crippen LogP contribution in [0.5, 0.6) is 0 Å². The van der Waals surface area contributed by atoms with Gasteiger partial charge in [-0.1, -0.05) is 18.2 Å². The van der Waals surface area contributed by atoms with Gasteiger partial charge in [-0.05, 0) is 6.08 Å². The summed E-state index contributed by atoms with van der Waals surface area (Å²) in [6.45, 7) is 0. The fourth-order valence-electron chi connectivity index (χ4n) is 0.627. The standard InChI is InChI=1S/C7H8N2/c8-6-4-2-1-3-5-7(6)9/h1-4,8-9H,5H2. The fourth-order valence-corrected chi connectivity index (χ4v) is 0.627. The van der Waals surface area contributed by atoms with E-state index in [9.17, 15) is 0 Å². The first-order chi connectivity index (χ1) is 4.30. The number of hydrogen-bond donors (Lipinski definition) is 2. The molecule has 0 fully saturated rings. The highest BCUT2D eigenvalue weighted by Crippen LogP contribution is 1.95. The lowest BCUT2D eigenvalue weighted by Gasteiger charge is -1.92. The number of nitrogens with one attached hydrogen (secondary N) is 2. The average Bonchev–Trinajstić information content (AvgIpc) is 1.99. The zero-order valence-corrected chi connectivity index (χ0v) is 5.02. The molecule has 46 valence electrons. The van der Waals surface area contributed by atoms with Crippen LogP contribution in [-0.4, -0.2) is 11.4 Å². The van der Waals surface area contributed by atoms with Crippen molar-refractivity contribution in [1.82, 2.24) is 0 Å². The van der Waals surface area contributed by atoms with Crippen LogP contribution in [0.3, 0.4) is 0 Å². The molecule has 1 aliphatic rings. The Hall–Kier alpha value is -1.18. The second kappa shape index (κ2) is 2.40. The van der Waals surface area contributed by atoms with Crippen molar-refractivity contribution in [2.24, 2.45) is 0 Å². The van der Waals surface area contributed by atoms with E-state index in [4.69, 9.17) is 10.8 Å². The molecule has 0 atom stereocenters. The molecule has 1 rings (SSSR count). The molecule has 0 aromatic heterocycles. The van der Waals surface area contributed by atoms with Crippen LogP contribution in [0.2, 0.25) is 0 Å². The van der Waals surface area contributed by atoms with Gasteiger partial charge >= 0.3 is 0 Å². The molecule has 0 bridgehead atoms. The van der Waals surface area contributed by atoms with Crippen molar-refractivity contribution in [2.75, 3.05) is 0 Å². The van der Waals surface area contributed by atoms with E-state index >= 15 is 0 Å². The van der Waals surface area contributed by atoms with Crippen molar-refractivity contribution in [3.63, 3.8) is 0 Å². The van der Waals surface area contributed by atoms with Crippen LogP contribution in [0.15, 0.2) is 24.3 Å². The first-order valence-corrected chi connectivity index (χ1v) is 2.80. The molecule has 2 heteroatoms. The molecular formula is C7H8N2. The summed E-state index contributed by atoms with van der Waals surface area (Å²) in [4.78, 5) is 0. The van der Waals surface area contributed by atoms with Gasteiger partial charge in [-0.15, -0.1) is 0 Å². The molecule has 0 aromatic rings. The minimum atomic E-state index is 0.319. The lowest BCUT2D eigenvalue weighted by Crippen LogP contribution is -2.05. The van der Waals surface area contributed by atoms with Gasteiger partial charge < -0.3 is 5.41 Å². The zero-order valence-electron chi connectivity index (χ0n) is 5.02. The second-order valence-corrected chi connectivity index (χ2v) is 1.88. The maximum atomic E-state index is 7.21. The van der Waals surface area contributed by atoms with Gasteiger partial charge in [0, 0.05) is 6.42 Å². The quantitative estimate of drug-likeness (QED) is 0.487. The molecule has 2 N–H and O–H groups in total. The van der Waals surface area contributed by atoms with Gasteiger partial charge in [0.1, 0.15) is 0 Å². The molecule has 0 spiro atoms. The van der Waals surface area contributed by atoms with Crippen LogP contribution in [0, 0.1) is 10.8 Å². The third-order valence-electron chi connectivity index (χ3n) is 1.16. The number of allylic oxidation sites excluding steroid dienone is 4. The Labute approximate surface area is 53.9 Å². The number of hydrogen-bond acceptors (Lipinski definition) is 2. The first kappa shape index (κ1) is 5.95. The Bertz CT molecular complexity index is 199. The predicted molar refractivity (Wildman–Crippen MR) is 38.4 cm³/mol. The first-order valence-electron chi connectivity index (χ1n) is 2.80. The molecule has 0 heterocycles. The molecule has 0 aromatic carbocycles. The van der Waals surface area contributed by atoms with E-state index in [1.54, 1.807) is 12.2 Å². The molecule has 2 nitrogen and oxygen atoms in total. The Morgan fingerprint density at radius 2 is 2.00 bits per heavy atom. The predicted octanol–water partition coefficient (Wildman–Crippen LogP) is 1.54. The SMILES string of the molecule is N=C1C=CC=CCC1=N. The van der Waals surface area contributed by atoms with Crippen LogP contribution in [0.25, 0.3) is 0 Å². The summed E-state index contributed by atoms with van der Waals surface area (Å²) >= 11 is 0. The highest BCUT2D eigenvalue weighted by Gasteiger charge is 1.99. The molecular weight excluding hydrogens is 112 g/mol. The summed E-state index contributed by atoms with van der Waals surface area (Å²) in [5, 5.41) is 14.4. The van der Waals surface area contributed by atoms with Gasteiger partial charge in [-0.3, -0.25) is 5.41 Å². The van der Waals surface area contributed by atoms with Crippen LogP contribution >= 0.6 is 0 Å². The molecule has 9 heavy (non-hydrogen) atoms. The summed E-state index contributed by atoms with van der Waals surface area (Å²) in [6.07, 6.45) is 7.73. The van der Waals surface area contributed by atoms with Gasteiger partial charge in [0.25, 0.3) is 0 Å². The third-order valence-corrected chi connectivity index (χ3v) is 1.16. The molecule has 1 aliphatic carbocycles. The van der Waals surface area contributed by atoms with Crippen LogP contribution < -0.4 is 0 Å². The Morgan fingerprint density at radius 1 is 1.22 bits per heavy atom. The summed E-state index contributed by atoms with van der Waals surface area (Å²) < 4.78 is 0. The maximum absolute atomic E-state index is 7.21. The summed E-state index contributed by atoms with van der Waals surface area (Å²) in [5.74, 6) is 0. The lowest BCUT2D eigenvalue weighted by atomic mass is 10.2. The fraction of sp³-hybridized carbons (Fsp3) is 0.143. The van der Waals surface area contributed by atoms with Gasteiger partial charge in [0.15, 0.2) is 0 Å². The van der Waals surface area contributed by atoms with E-state index in [2.05, 4.69) is 0 Å². The number of rotatable bonds is 0. The van der Waals surface area contributed by atoms with Crippen molar-refractivity contribution in [3.8, 4) is 0 Å². The van der Waals surface area contributed by atoms with Gasteiger partial charge in [-0.25, -0.2) is 0 Å². The monoisotopic (exact) mass is 120 g/mol. The van der Waals surface area contributed by atoms with E-state index in [1.807, 2.05) is 12.2 Å². The molecule has 0 saturated heterocycles. The van der Waals surface area contributed by atoms with E-state index in [-0.39, 0.29) is 0 Å². The average molecular weight is 120 g/mol. The molecule has 0 amide bonds. The third kappa shape index (κ3) is 1.35. The summed E-state index contributed by atoms with van der Waals surface area (Å²) in [7, 11) is 0. The highest BCUT2D eigenvalue weighted by atomic mass is 14.5. The summed E-state index contributed by atoms with van der Waals surface area (Å²) in [5.41, 5.74) is 0.708. The molecule has 0 aliphatic heterocycles. The van der Waals surface area contributed by atoms with E-state index in [0.717, 1.165) is 0 Å². The Morgan fingerprint density at radius 3 is 2.78 bits per heavy atom. The van der Waals surface area contributed by atoms with E-state index in [0.29, 0.717) is 17.8 Å². The molecule has 0 radical (unpaired) electrons. The smallest absolute Gasteiger partial charge is 0.0750 e. The van der Waals surface area contributed by atoms with Crippen molar-refractivity contribution in [1.29, 1.82) is 10.8 Å². The van der Waals surface area contributed by atoms with E-state index < -0.39 is 0 Å². The normalized spacial score (nSPS) is 18.2. The molecule has 0 saturated carbocycles. The zero-order chi connectivity index (χ0) is 6.69. The highest BCUT2D eigenvalue weighted by molar-refractivity contribution is 6.44. The summed E-state index contributed by atoms with van der Waals surface area (Å²) in [6, 6.07) is 0. The Balaban J connectivity index is 2.81. The maximum Gasteiger partial charge on any atom is 0.0750 e. The Kier molecular flexibility index (Phi) is 1.58. The molecule has 0 unspecified atom stereocenters. The van der Waals surface area contributed by atoms with Crippen molar-refractivity contribution in [2.45, 2.75) is 6.42 Å². The van der Waals surface area contributed by atoms with Crippen molar-refractivity contribution < 1.29 is 0 Å². The minimum Gasteiger partial charge on any atom is -0.303 e. The van der Waals surface area contributed by atoms with Crippen molar-refractivity contribution >= 4 is 11.4 Å². The van der Waals surface area contributed by atoms with Gasteiger partial charge in [0.05, 0.1) is 11.4 Å². The van der Waals surface area contributed by atoms with Gasteiger partial charge in [-0.2, -0.15) is 0 Å².